The summed E-state index contributed by atoms with van der Waals surface area (Å²) in [6, 6.07) is 3.79. The molecule has 2 atom stereocenters. The molecule has 1 aliphatic heterocycles. The van der Waals surface area contributed by atoms with E-state index in [4.69, 9.17) is 0 Å². The minimum atomic E-state index is -0.325. The van der Waals surface area contributed by atoms with Crippen molar-refractivity contribution < 1.29 is 9.59 Å². The molecule has 3 amide bonds. The van der Waals surface area contributed by atoms with Gasteiger partial charge in [0.15, 0.2) is 0 Å². The number of amides is 3. The summed E-state index contributed by atoms with van der Waals surface area (Å²) in [5.74, 6) is 1.62. The van der Waals surface area contributed by atoms with Crippen LogP contribution in [0.2, 0.25) is 0 Å². The highest BCUT2D eigenvalue weighted by Crippen LogP contribution is 2.38. The monoisotopic (exact) mass is 408 g/mol. The van der Waals surface area contributed by atoms with Crippen molar-refractivity contribution in [1.29, 1.82) is 0 Å². The molecular formula is C20H24N8O2. The first-order valence-corrected chi connectivity index (χ1v) is 10.3. The second-order valence-electron chi connectivity index (χ2n) is 8.25. The molecule has 2 aromatic heterocycles. The number of hydrogen-bond acceptors (Lipinski definition) is 8. The van der Waals surface area contributed by atoms with Gasteiger partial charge >= 0.3 is 6.03 Å². The molecule has 10 nitrogen and oxygen atoms in total. The maximum absolute atomic E-state index is 12.1. The van der Waals surface area contributed by atoms with Crippen LogP contribution in [0.1, 0.15) is 43.7 Å². The van der Waals surface area contributed by atoms with Gasteiger partial charge in [-0.05, 0) is 44.2 Å². The van der Waals surface area contributed by atoms with Crippen molar-refractivity contribution in [2.45, 2.75) is 50.1 Å². The van der Waals surface area contributed by atoms with E-state index >= 15 is 0 Å². The maximum Gasteiger partial charge on any atom is 0.331 e. The number of nitrogens with zero attached hydrogens (tertiary/aromatic N) is 6. The summed E-state index contributed by atoms with van der Waals surface area (Å²) >= 11 is 0. The molecule has 30 heavy (non-hydrogen) atoms. The van der Waals surface area contributed by atoms with Crippen LogP contribution in [0.25, 0.3) is 0 Å². The zero-order valence-corrected chi connectivity index (χ0v) is 16.8. The fraction of sp³-hybridized carbons (Fsp3) is 0.500. The Labute approximate surface area is 174 Å². The number of carbonyl (C=O) groups is 2. The van der Waals surface area contributed by atoms with E-state index in [9.17, 15) is 9.59 Å². The number of likely N-dealkylation sites (N-methyl/N-ethyl adjacent to an activating group) is 1. The van der Waals surface area contributed by atoms with Crippen molar-refractivity contribution >= 4 is 29.4 Å². The Morgan fingerprint density at radius 2 is 1.77 bits per heavy atom. The van der Waals surface area contributed by atoms with Crippen molar-refractivity contribution in [1.82, 2.24) is 25.1 Å². The molecule has 0 bridgehead atoms. The molecule has 0 spiro atoms. The zero-order chi connectivity index (χ0) is 20.7. The number of rotatable bonds is 6. The number of hydrogen-bond donors (Lipinski definition) is 2. The van der Waals surface area contributed by atoms with E-state index < -0.39 is 0 Å². The lowest BCUT2D eigenvalue weighted by Crippen LogP contribution is -2.31. The highest BCUT2D eigenvalue weighted by atomic mass is 16.2. The molecule has 1 saturated heterocycles. The predicted molar refractivity (Wildman–Crippen MR) is 110 cm³/mol. The zero-order valence-electron chi connectivity index (χ0n) is 16.8. The van der Waals surface area contributed by atoms with Crippen LogP contribution in [-0.2, 0) is 4.79 Å². The summed E-state index contributed by atoms with van der Waals surface area (Å²) in [5, 5.41) is 15.3. The average Bonchev–Trinajstić information content (AvgIpc) is 3.45. The summed E-state index contributed by atoms with van der Waals surface area (Å²) in [6.07, 6.45) is 8.70. The Morgan fingerprint density at radius 3 is 2.37 bits per heavy atom. The number of carbonyl (C=O) groups excluding carboxylic acids is 2. The van der Waals surface area contributed by atoms with Crippen LogP contribution in [0.4, 0.5) is 22.2 Å². The van der Waals surface area contributed by atoms with Crippen molar-refractivity contribution in [2.75, 3.05) is 29.1 Å². The molecule has 2 aliphatic carbocycles. The summed E-state index contributed by atoms with van der Waals surface area (Å²) < 4.78 is 0. The first-order valence-electron chi connectivity index (χ1n) is 10.3. The van der Waals surface area contributed by atoms with E-state index in [1.165, 1.54) is 17.7 Å². The lowest BCUT2D eigenvalue weighted by Gasteiger charge is -2.17. The van der Waals surface area contributed by atoms with Gasteiger partial charge in [-0.2, -0.15) is 0 Å². The fourth-order valence-electron chi connectivity index (χ4n) is 4.03. The van der Waals surface area contributed by atoms with Gasteiger partial charge in [-0.3, -0.25) is 4.79 Å². The second kappa shape index (κ2) is 7.51. The van der Waals surface area contributed by atoms with Gasteiger partial charge in [0, 0.05) is 25.0 Å². The first-order chi connectivity index (χ1) is 14.6. The Bertz CT molecular complexity index is 944. The van der Waals surface area contributed by atoms with Crippen molar-refractivity contribution in [2.24, 2.45) is 0 Å². The number of imide groups is 1. The minimum absolute atomic E-state index is 0.0951. The highest BCUT2D eigenvalue weighted by molar-refractivity contribution is 6.19. The number of anilines is 3. The van der Waals surface area contributed by atoms with E-state index in [2.05, 4.69) is 30.8 Å². The maximum atomic E-state index is 12.1. The summed E-state index contributed by atoms with van der Waals surface area (Å²) in [6.45, 7) is 0.0951. The van der Waals surface area contributed by atoms with Crippen LogP contribution in [0.15, 0.2) is 24.5 Å². The summed E-state index contributed by atoms with van der Waals surface area (Å²) in [7, 11) is 1.61. The van der Waals surface area contributed by atoms with Crippen molar-refractivity contribution in [3.63, 3.8) is 0 Å². The Balaban J connectivity index is 1.15. The lowest BCUT2D eigenvalue weighted by atomic mass is 10.2. The van der Waals surface area contributed by atoms with E-state index in [0.29, 0.717) is 17.6 Å². The Hall–Kier alpha value is -3.30. The average molecular weight is 408 g/mol. The van der Waals surface area contributed by atoms with Crippen LogP contribution in [0, 0.1) is 0 Å². The third-order valence-corrected chi connectivity index (χ3v) is 5.84. The van der Waals surface area contributed by atoms with Gasteiger partial charge in [0.2, 0.25) is 5.95 Å². The Morgan fingerprint density at radius 1 is 0.967 bits per heavy atom. The number of nitrogens with one attached hydrogen (secondary N) is 2. The molecular weight excluding hydrogens is 384 g/mol. The Kier molecular flexibility index (Phi) is 4.68. The molecule has 3 aliphatic rings. The smallest absolute Gasteiger partial charge is 0.331 e. The van der Waals surface area contributed by atoms with Crippen LogP contribution >= 0.6 is 0 Å². The van der Waals surface area contributed by atoms with Crippen molar-refractivity contribution in [3.8, 4) is 0 Å². The molecule has 10 heteroatoms. The topological polar surface area (TPSA) is 116 Å². The molecule has 2 N–H and O–H groups in total. The lowest BCUT2D eigenvalue weighted by molar-refractivity contribution is -0.116. The number of aromatic nitrogens is 4. The quantitative estimate of drug-likeness (QED) is 0.697. The minimum Gasteiger partial charge on any atom is -0.367 e. The number of pyridine rings is 1. The van der Waals surface area contributed by atoms with Gasteiger partial charge in [0.05, 0.1) is 23.8 Å². The van der Waals surface area contributed by atoms with Gasteiger partial charge in [-0.1, -0.05) is 0 Å². The van der Waals surface area contributed by atoms with Crippen LogP contribution in [0.5, 0.6) is 0 Å². The van der Waals surface area contributed by atoms with Gasteiger partial charge in [-0.25, -0.2) is 19.7 Å². The van der Waals surface area contributed by atoms with Gasteiger partial charge in [-0.15, -0.1) is 10.2 Å². The van der Waals surface area contributed by atoms with E-state index in [1.54, 1.807) is 25.4 Å². The first kappa shape index (κ1) is 18.7. The van der Waals surface area contributed by atoms with E-state index in [1.807, 2.05) is 6.20 Å². The molecule has 2 aromatic rings. The second-order valence-corrected chi connectivity index (χ2v) is 8.25. The molecule has 0 radical (unpaired) electrons. The number of urea groups is 1. The fourth-order valence-corrected chi connectivity index (χ4v) is 4.03. The predicted octanol–water partition coefficient (Wildman–Crippen LogP) is 1.99. The normalized spacial score (nSPS) is 23.9. The van der Waals surface area contributed by atoms with E-state index in [-0.39, 0.29) is 30.6 Å². The molecule has 5 rings (SSSR count). The third kappa shape index (κ3) is 3.77. The van der Waals surface area contributed by atoms with Gasteiger partial charge < -0.3 is 15.5 Å². The van der Waals surface area contributed by atoms with Crippen LogP contribution in [-0.4, -0.2) is 62.7 Å². The molecule has 3 fully saturated rings. The molecule has 3 heterocycles. The van der Waals surface area contributed by atoms with Crippen LogP contribution in [0.3, 0.4) is 0 Å². The molecule has 0 aromatic carbocycles. The van der Waals surface area contributed by atoms with Crippen molar-refractivity contribution in [3.05, 3.63) is 30.2 Å². The molecule has 156 valence electrons. The third-order valence-electron chi connectivity index (χ3n) is 5.84. The molecule has 2 saturated carbocycles. The SMILES string of the molecule is CN1CC(=O)N(c2ccc(N[C@H]3CC[C@H](Nc4ncc(C5CC5)nn4)C3)nc2)C1=O. The standard InChI is InChI=1S/C20H24N8O2/c1-27-11-18(29)28(20(27)30)15-6-7-17(21-9-15)23-13-4-5-14(8-13)24-19-22-10-16(25-26-19)12-2-3-12/h6-7,9-10,12-14H,2-5,8,11H2,1H3,(H,21,23)(H,22,24,26)/t13-,14-/m0/s1. The summed E-state index contributed by atoms with van der Waals surface area (Å²) in [5.41, 5.74) is 1.48. The van der Waals surface area contributed by atoms with Crippen LogP contribution < -0.4 is 15.5 Å². The van der Waals surface area contributed by atoms with Gasteiger partial charge in [0.25, 0.3) is 5.91 Å². The largest absolute Gasteiger partial charge is 0.367 e. The van der Waals surface area contributed by atoms with E-state index in [0.717, 1.165) is 35.7 Å². The highest BCUT2D eigenvalue weighted by Gasteiger charge is 2.35. The summed E-state index contributed by atoms with van der Waals surface area (Å²) in [4.78, 5) is 35.4. The van der Waals surface area contributed by atoms with Gasteiger partial charge in [0.1, 0.15) is 12.4 Å². The molecule has 0 unspecified atom stereocenters.